The SMILES string of the molecule is COc1ccc(CN(C)c2nc(N(C)C)cc(C(F)(F)F)n2)cc1OC(F)F. The lowest BCUT2D eigenvalue weighted by molar-refractivity contribution is -0.141. The van der Waals surface area contributed by atoms with Gasteiger partial charge in [0.15, 0.2) is 17.2 Å². The Hall–Kier alpha value is -2.85. The molecule has 0 unspecified atom stereocenters. The summed E-state index contributed by atoms with van der Waals surface area (Å²) < 4.78 is 73.9. The van der Waals surface area contributed by atoms with Gasteiger partial charge in [-0.1, -0.05) is 6.07 Å². The lowest BCUT2D eigenvalue weighted by Gasteiger charge is -2.22. The second-order valence-corrected chi connectivity index (χ2v) is 6.02. The molecule has 0 saturated carbocycles. The fraction of sp³-hybridized carbons (Fsp3) is 0.412. The molecular weight excluding hydrogens is 387 g/mol. The van der Waals surface area contributed by atoms with Crippen molar-refractivity contribution in [2.75, 3.05) is 38.1 Å². The highest BCUT2D eigenvalue weighted by Gasteiger charge is 2.34. The Morgan fingerprint density at radius 1 is 1.04 bits per heavy atom. The minimum Gasteiger partial charge on any atom is -0.493 e. The molecule has 0 radical (unpaired) electrons. The van der Waals surface area contributed by atoms with Crippen LogP contribution in [-0.2, 0) is 12.7 Å². The number of anilines is 2. The number of halogens is 5. The Morgan fingerprint density at radius 2 is 1.71 bits per heavy atom. The average molecular weight is 406 g/mol. The normalized spacial score (nSPS) is 11.5. The molecule has 0 bridgehead atoms. The number of benzene rings is 1. The summed E-state index contributed by atoms with van der Waals surface area (Å²) in [6, 6.07) is 5.18. The van der Waals surface area contributed by atoms with Crippen LogP contribution in [-0.4, -0.2) is 44.8 Å². The van der Waals surface area contributed by atoms with Gasteiger partial charge >= 0.3 is 12.8 Å². The topological polar surface area (TPSA) is 50.7 Å². The molecule has 2 aromatic rings. The smallest absolute Gasteiger partial charge is 0.433 e. The van der Waals surface area contributed by atoms with Gasteiger partial charge < -0.3 is 19.3 Å². The van der Waals surface area contributed by atoms with Crippen molar-refractivity contribution in [1.82, 2.24) is 9.97 Å². The van der Waals surface area contributed by atoms with Crippen LogP contribution in [0, 0.1) is 0 Å². The molecule has 1 aromatic carbocycles. The predicted molar refractivity (Wildman–Crippen MR) is 93.1 cm³/mol. The largest absolute Gasteiger partial charge is 0.493 e. The van der Waals surface area contributed by atoms with Crippen molar-refractivity contribution in [3.63, 3.8) is 0 Å². The summed E-state index contributed by atoms with van der Waals surface area (Å²) in [5.74, 6) is -0.148. The zero-order valence-corrected chi connectivity index (χ0v) is 15.6. The van der Waals surface area contributed by atoms with E-state index in [9.17, 15) is 22.0 Å². The van der Waals surface area contributed by atoms with Gasteiger partial charge in [-0.15, -0.1) is 0 Å². The van der Waals surface area contributed by atoms with E-state index in [0.29, 0.717) is 5.56 Å². The van der Waals surface area contributed by atoms with Crippen LogP contribution in [0.2, 0.25) is 0 Å². The fourth-order valence-electron chi connectivity index (χ4n) is 2.32. The molecule has 0 aliphatic rings. The van der Waals surface area contributed by atoms with Gasteiger partial charge in [0.2, 0.25) is 5.95 Å². The number of ether oxygens (including phenoxy) is 2. The molecule has 0 fully saturated rings. The zero-order valence-electron chi connectivity index (χ0n) is 15.6. The Kier molecular flexibility index (Phi) is 6.47. The molecule has 0 atom stereocenters. The van der Waals surface area contributed by atoms with E-state index in [2.05, 4.69) is 14.7 Å². The molecule has 0 aliphatic heterocycles. The molecule has 2 rings (SSSR count). The van der Waals surface area contributed by atoms with Crippen molar-refractivity contribution in [3.05, 3.63) is 35.5 Å². The van der Waals surface area contributed by atoms with Crippen LogP contribution in [0.25, 0.3) is 0 Å². The van der Waals surface area contributed by atoms with E-state index in [4.69, 9.17) is 4.74 Å². The number of hydrogen-bond acceptors (Lipinski definition) is 6. The minimum atomic E-state index is -4.64. The van der Waals surface area contributed by atoms with E-state index >= 15 is 0 Å². The van der Waals surface area contributed by atoms with Gasteiger partial charge in [0.25, 0.3) is 0 Å². The van der Waals surface area contributed by atoms with Gasteiger partial charge in [-0.2, -0.15) is 26.9 Å². The maximum absolute atomic E-state index is 13.1. The number of rotatable bonds is 7. The van der Waals surface area contributed by atoms with Gasteiger partial charge in [-0.3, -0.25) is 0 Å². The van der Waals surface area contributed by atoms with E-state index in [-0.39, 0.29) is 29.8 Å². The molecule has 0 N–H and O–H groups in total. The summed E-state index contributed by atoms with van der Waals surface area (Å²) in [6.07, 6.45) is -4.64. The Morgan fingerprint density at radius 3 is 2.25 bits per heavy atom. The molecule has 1 aromatic heterocycles. The second kappa shape index (κ2) is 8.44. The molecule has 0 saturated heterocycles. The van der Waals surface area contributed by atoms with Crippen molar-refractivity contribution in [2.24, 2.45) is 0 Å². The van der Waals surface area contributed by atoms with Gasteiger partial charge in [-0.25, -0.2) is 4.98 Å². The first kappa shape index (κ1) is 21.5. The molecule has 154 valence electrons. The van der Waals surface area contributed by atoms with E-state index < -0.39 is 18.5 Å². The lowest BCUT2D eigenvalue weighted by atomic mass is 10.2. The minimum absolute atomic E-state index is 0.0533. The lowest BCUT2D eigenvalue weighted by Crippen LogP contribution is -2.23. The molecule has 0 amide bonds. The van der Waals surface area contributed by atoms with Crippen LogP contribution < -0.4 is 19.3 Å². The number of methoxy groups -OCH3 is 1. The van der Waals surface area contributed by atoms with E-state index in [0.717, 1.165) is 6.07 Å². The molecule has 28 heavy (non-hydrogen) atoms. The summed E-state index contributed by atoms with van der Waals surface area (Å²) in [5.41, 5.74) is -0.587. The first-order valence-corrected chi connectivity index (χ1v) is 7.97. The van der Waals surface area contributed by atoms with Crippen LogP contribution >= 0.6 is 0 Å². The molecule has 11 heteroatoms. The van der Waals surface area contributed by atoms with Crippen LogP contribution in [0.4, 0.5) is 33.7 Å². The second-order valence-electron chi connectivity index (χ2n) is 6.02. The Balaban J connectivity index is 2.34. The summed E-state index contributed by atoms with van der Waals surface area (Å²) in [4.78, 5) is 10.5. The molecular formula is C17H19F5N4O2. The highest BCUT2D eigenvalue weighted by Crippen LogP contribution is 2.32. The maximum Gasteiger partial charge on any atom is 0.433 e. The van der Waals surface area contributed by atoms with Gasteiger partial charge in [0, 0.05) is 33.8 Å². The average Bonchev–Trinajstić information content (AvgIpc) is 2.60. The van der Waals surface area contributed by atoms with E-state index in [1.54, 1.807) is 20.2 Å². The van der Waals surface area contributed by atoms with E-state index in [1.807, 2.05) is 0 Å². The number of alkyl halides is 5. The maximum atomic E-state index is 13.1. The monoisotopic (exact) mass is 406 g/mol. The third kappa shape index (κ3) is 5.33. The van der Waals surface area contributed by atoms with Gasteiger partial charge in [0.05, 0.1) is 7.11 Å². The van der Waals surface area contributed by atoms with Crippen LogP contribution in [0.5, 0.6) is 11.5 Å². The standard InChI is InChI=1S/C17H19F5N4O2/c1-25(2)14-8-13(17(20,21)22)23-16(24-14)26(3)9-10-5-6-11(27-4)12(7-10)28-15(18)19/h5-8,15H,9H2,1-4H3. The quantitative estimate of drug-likeness (QED) is 0.652. The van der Waals surface area contributed by atoms with E-state index in [1.165, 1.54) is 36.1 Å². The first-order valence-electron chi connectivity index (χ1n) is 7.97. The third-order valence-electron chi connectivity index (χ3n) is 3.65. The highest BCUT2D eigenvalue weighted by atomic mass is 19.4. The van der Waals surface area contributed by atoms with Gasteiger partial charge in [-0.05, 0) is 17.7 Å². The highest BCUT2D eigenvalue weighted by molar-refractivity contribution is 5.47. The number of nitrogens with zero attached hydrogens (tertiary/aromatic N) is 4. The van der Waals surface area contributed by atoms with Crippen LogP contribution in [0.1, 0.15) is 11.3 Å². The summed E-state index contributed by atoms with van der Waals surface area (Å²) >= 11 is 0. The zero-order chi connectivity index (χ0) is 21.1. The molecule has 1 heterocycles. The van der Waals surface area contributed by atoms with Crippen molar-refractivity contribution in [2.45, 2.75) is 19.3 Å². The van der Waals surface area contributed by atoms with Crippen molar-refractivity contribution in [1.29, 1.82) is 0 Å². The van der Waals surface area contributed by atoms with Crippen LogP contribution in [0.3, 0.4) is 0 Å². The summed E-state index contributed by atoms with van der Waals surface area (Å²) in [7, 11) is 5.92. The Labute approximate surface area is 158 Å². The van der Waals surface area contributed by atoms with Crippen molar-refractivity contribution < 1.29 is 31.4 Å². The Bertz CT molecular complexity index is 815. The molecule has 0 spiro atoms. The van der Waals surface area contributed by atoms with Crippen LogP contribution in [0.15, 0.2) is 24.3 Å². The fourth-order valence-corrected chi connectivity index (χ4v) is 2.32. The third-order valence-corrected chi connectivity index (χ3v) is 3.65. The summed E-state index contributed by atoms with van der Waals surface area (Å²) in [5, 5.41) is 0. The van der Waals surface area contributed by atoms with Gasteiger partial charge in [0.1, 0.15) is 5.82 Å². The van der Waals surface area contributed by atoms with Crippen molar-refractivity contribution in [3.8, 4) is 11.5 Å². The number of aromatic nitrogens is 2. The summed E-state index contributed by atoms with van der Waals surface area (Å²) in [6.45, 7) is -2.99. The molecule has 6 nitrogen and oxygen atoms in total. The predicted octanol–water partition coefficient (Wildman–Crippen LogP) is 3.81. The van der Waals surface area contributed by atoms with Crippen molar-refractivity contribution >= 4 is 11.8 Å². The first-order chi connectivity index (χ1) is 13.0. The number of hydrogen-bond donors (Lipinski definition) is 0. The molecule has 0 aliphatic carbocycles.